The van der Waals surface area contributed by atoms with Crippen LogP contribution in [0.4, 0.5) is 0 Å². The molecule has 3 rings (SSSR count). The number of hydrogen-bond donors (Lipinski definition) is 1. The number of thiazole rings is 1. The molecule has 21 heavy (non-hydrogen) atoms. The number of carbonyl (C=O) groups excluding carboxylic acids is 1. The molecule has 1 aromatic heterocycles. The third kappa shape index (κ3) is 2.91. The van der Waals surface area contributed by atoms with Crippen molar-refractivity contribution in [3.63, 3.8) is 0 Å². The van der Waals surface area contributed by atoms with Gasteiger partial charge in [0.25, 0.3) is 5.91 Å². The van der Waals surface area contributed by atoms with Gasteiger partial charge in [0.1, 0.15) is 0 Å². The molecule has 2 aromatic carbocycles. The van der Waals surface area contributed by atoms with E-state index in [-0.39, 0.29) is 5.91 Å². The summed E-state index contributed by atoms with van der Waals surface area (Å²) in [5, 5.41) is 4.22. The van der Waals surface area contributed by atoms with E-state index in [1.807, 2.05) is 48.0 Å². The highest BCUT2D eigenvalue weighted by Gasteiger charge is 2.05. The maximum Gasteiger partial charge on any atom is 0.271 e. The molecule has 1 heterocycles. The minimum absolute atomic E-state index is 0.228. The van der Waals surface area contributed by atoms with E-state index in [9.17, 15) is 4.79 Å². The van der Waals surface area contributed by atoms with Crippen LogP contribution in [0.2, 0.25) is 0 Å². The second-order valence-electron chi connectivity index (χ2n) is 4.47. The summed E-state index contributed by atoms with van der Waals surface area (Å²) in [6.07, 6.45) is 0. The standard InChI is InChI=1S/C15H12BrN3OS/c1-19-12-7-2-3-8-13(12)21-15(19)18-17-14(20)10-5-4-6-11(16)9-10/h2-9H,1H3,(H,17,20)/b18-15+. The van der Waals surface area contributed by atoms with Crippen molar-refractivity contribution in [1.29, 1.82) is 0 Å². The summed E-state index contributed by atoms with van der Waals surface area (Å²) < 4.78 is 3.96. The van der Waals surface area contributed by atoms with Crippen LogP contribution in [0.5, 0.6) is 0 Å². The van der Waals surface area contributed by atoms with Crippen LogP contribution in [-0.4, -0.2) is 10.5 Å². The Morgan fingerprint density at radius 2 is 2.05 bits per heavy atom. The molecular formula is C15H12BrN3OS. The Balaban J connectivity index is 1.91. The molecule has 0 unspecified atom stereocenters. The first-order chi connectivity index (χ1) is 10.1. The molecule has 1 N–H and O–H groups in total. The fraction of sp³-hybridized carbons (Fsp3) is 0.0667. The Morgan fingerprint density at radius 3 is 2.81 bits per heavy atom. The summed E-state index contributed by atoms with van der Waals surface area (Å²) in [5.41, 5.74) is 4.26. The lowest BCUT2D eigenvalue weighted by Gasteiger charge is -2.00. The van der Waals surface area contributed by atoms with Gasteiger partial charge in [-0.05, 0) is 30.3 Å². The number of hydrogen-bond acceptors (Lipinski definition) is 3. The minimum atomic E-state index is -0.228. The van der Waals surface area contributed by atoms with Crippen LogP contribution in [0.3, 0.4) is 0 Å². The lowest BCUT2D eigenvalue weighted by molar-refractivity contribution is 0.0953. The second-order valence-corrected chi connectivity index (χ2v) is 6.40. The molecule has 1 amide bonds. The molecule has 3 aromatic rings. The van der Waals surface area contributed by atoms with Crippen LogP contribution < -0.4 is 10.2 Å². The van der Waals surface area contributed by atoms with E-state index in [1.165, 1.54) is 11.3 Å². The number of halogens is 1. The van der Waals surface area contributed by atoms with Gasteiger partial charge in [0.15, 0.2) is 0 Å². The van der Waals surface area contributed by atoms with Gasteiger partial charge in [0, 0.05) is 17.1 Å². The maximum absolute atomic E-state index is 12.1. The Kier molecular flexibility index (Phi) is 3.90. The van der Waals surface area contributed by atoms with Crippen molar-refractivity contribution in [2.75, 3.05) is 0 Å². The summed E-state index contributed by atoms with van der Waals surface area (Å²) in [6, 6.07) is 15.2. The Bertz CT molecular complexity index is 882. The predicted octanol–water partition coefficient (Wildman–Crippen LogP) is 3.25. The first-order valence-electron chi connectivity index (χ1n) is 6.29. The number of rotatable bonds is 2. The van der Waals surface area contributed by atoms with E-state index in [4.69, 9.17) is 0 Å². The highest BCUT2D eigenvalue weighted by atomic mass is 79.9. The first kappa shape index (κ1) is 14.0. The number of aromatic nitrogens is 1. The third-order valence-electron chi connectivity index (χ3n) is 3.05. The van der Waals surface area contributed by atoms with Crippen LogP contribution in [0, 0.1) is 0 Å². The van der Waals surface area contributed by atoms with Crippen molar-refractivity contribution in [3.05, 3.63) is 63.4 Å². The topological polar surface area (TPSA) is 46.4 Å². The molecule has 0 fully saturated rings. The zero-order valence-electron chi connectivity index (χ0n) is 11.2. The molecule has 0 bridgehead atoms. The van der Waals surface area contributed by atoms with Gasteiger partial charge >= 0.3 is 0 Å². The number of nitrogens with zero attached hydrogens (tertiary/aromatic N) is 2. The quantitative estimate of drug-likeness (QED) is 0.699. The minimum Gasteiger partial charge on any atom is -0.318 e. The molecular weight excluding hydrogens is 350 g/mol. The number of aryl methyl sites for hydroxylation is 1. The van der Waals surface area contributed by atoms with Gasteiger partial charge in [-0.15, -0.1) is 5.10 Å². The van der Waals surface area contributed by atoms with Crippen molar-refractivity contribution in [1.82, 2.24) is 9.99 Å². The van der Waals surface area contributed by atoms with E-state index in [2.05, 4.69) is 26.5 Å². The normalized spacial score (nSPS) is 11.8. The zero-order valence-corrected chi connectivity index (χ0v) is 13.6. The fourth-order valence-electron chi connectivity index (χ4n) is 1.98. The predicted molar refractivity (Wildman–Crippen MR) is 88.0 cm³/mol. The lowest BCUT2D eigenvalue weighted by Crippen LogP contribution is -2.23. The SMILES string of the molecule is Cn1/c(=N\NC(=O)c2cccc(Br)c2)sc2ccccc21. The highest BCUT2D eigenvalue weighted by Crippen LogP contribution is 2.15. The highest BCUT2D eigenvalue weighted by molar-refractivity contribution is 9.10. The molecule has 0 saturated carbocycles. The average molecular weight is 362 g/mol. The van der Waals surface area contributed by atoms with E-state index in [0.717, 1.165) is 19.5 Å². The van der Waals surface area contributed by atoms with E-state index >= 15 is 0 Å². The van der Waals surface area contributed by atoms with Gasteiger partial charge in [-0.3, -0.25) is 4.79 Å². The number of benzene rings is 2. The van der Waals surface area contributed by atoms with Crippen LogP contribution in [-0.2, 0) is 7.05 Å². The van der Waals surface area contributed by atoms with Gasteiger partial charge in [0.05, 0.1) is 10.2 Å². The number of carbonyl (C=O) groups is 1. The Labute approximate surface area is 133 Å². The molecule has 0 aliphatic carbocycles. The third-order valence-corrected chi connectivity index (χ3v) is 4.66. The number of fused-ring (bicyclic) bond motifs is 1. The van der Waals surface area contributed by atoms with Crippen molar-refractivity contribution >= 4 is 43.4 Å². The monoisotopic (exact) mass is 361 g/mol. The largest absolute Gasteiger partial charge is 0.318 e. The number of amides is 1. The first-order valence-corrected chi connectivity index (χ1v) is 7.90. The molecule has 4 nitrogen and oxygen atoms in total. The van der Waals surface area contributed by atoms with Crippen LogP contribution in [0.15, 0.2) is 58.1 Å². The zero-order chi connectivity index (χ0) is 14.8. The van der Waals surface area contributed by atoms with Gasteiger partial charge in [-0.2, -0.15) is 0 Å². The molecule has 6 heteroatoms. The van der Waals surface area contributed by atoms with Gasteiger partial charge in [-0.25, -0.2) is 5.43 Å². The van der Waals surface area contributed by atoms with Crippen molar-refractivity contribution < 1.29 is 4.79 Å². The molecule has 0 radical (unpaired) electrons. The smallest absolute Gasteiger partial charge is 0.271 e. The molecule has 106 valence electrons. The lowest BCUT2D eigenvalue weighted by atomic mass is 10.2. The molecule has 0 aliphatic rings. The van der Waals surface area contributed by atoms with E-state index in [0.29, 0.717) is 5.56 Å². The number of nitrogens with one attached hydrogen (secondary N) is 1. The van der Waals surface area contributed by atoms with Gasteiger partial charge in [0.2, 0.25) is 4.80 Å². The van der Waals surface area contributed by atoms with Gasteiger partial charge in [-0.1, -0.05) is 45.5 Å². The fourth-order valence-corrected chi connectivity index (χ4v) is 3.36. The maximum atomic E-state index is 12.1. The summed E-state index contributed by atoms with van der Waals surface area (Å²) in [5.74, 6) is -0.228. The van der Waals surface area contributed by atoms with Crippen molar-refractivity contribution in [2.24, 2.45) is 12.1 Å². The van der Waals surface area contributed by atoms with Crippen molar-refractivity contribution in [2.45, 2.75) is 0 Å². The van der Waals surface area contributed by atoms with Crippen LogP contribution in [0.25, 0.3) is 10.2 Å². The molecule has 0 spiro atoms. The molecule has 0 atom stereocenters. The number of para-hydroxylation sites is 1. The summed E-state index contributed by atoms with van der Waals surface area (Å²) in [6.45, 7) is 0. The molecule has 0 saturated heterocycles. The Morgan fingerprint density at radius 1 is 1.24 bits per heavy atom. The van der Waals surface area contributed by atoms with Crippen LogP contribution >= 0.6 is 27.3 Å². The molecule has 0 aliphatic heterocycles. The average Bonchev–Trinajstić information content (AvgIpc) is 2.82. The summed E-state index contributed by atoms with van der Waals surface area (Å²) >= 11 is 4.89. The second kappa shape index (κ2) is 5.83. The van der Waals surface area contributed by atoms with E-state index < -0.39 is 0 Å². The van der Waals surface area contributed by atoms with Crippen molar-refractivity contribution in [3.8, 4) is 0 Å². The van der Waals surface area contributed by atoms with Gasteiger partial charge < -0.3 is 4.57 Å². The van der Waals surface area contributed by atoms with E-state index in [1.54, 1.807) is 12.1 Å². The Hall–Kier alpha value is -1.92. The summed E-state index contributed by atoms with van der Waals surface area (Å²) in [7, 11) is 1.93. The summed E-state index contributed by atoms with van der Waals surface area (Å²) in [4.78, 5) is 12.8. The van der Waals surface area contributed by atoms with Crippen LogP contribution in [0.1, 0.15) is 10.4 Å².